The number of carbonyl (C=O) groups is 1. The molecule has 0 bridgehead atoms. The van der Waals surface area contributed by atoms with Crippen LogP contribution in [0.2, 0.25) is 5.15 Å². The molecule has 9 heteroatoms. The van der Waals surface area contributed by atoms with E-state index in [2.05, 4.69) is 4.98 Å². The highest BCUT2D eigenvalue weighted by atomic mass is 35.5. The zero-order valence-electron chi connectivity index (χ0n) is 17.0. The SMILES string of the molecule is COc1cc(F)ccc1-c1c(-c2nc3c(o2)CCN(C=CC=O)C3)nc(Cl)c2ccsc12. The number of benzene rings is 1. The Labute approximate surface area is 191 Å². The summed E-state index contributed by atoms with van der Waals surface area (Å²) in [5.41, 5.74) is 2.65. The molecule has 4 heterocycles. The molecule has 4 aromatic rings. The number of fused-ring (bicyclic) bond motifs is 2. The third-order valence-electron chi connectivity index (χ3n) is 5.33. The van der Waals surface area contributed by atoms with Crippen molar-refractivity contribution in [1.29, 1.82) is 0 Å². The molecule has 1 aliphatic heterocycles. The Balaban J connectivity index is 1.70. The minimum atomic E-state index is -0.397. The fourth-order valence-electron chi connectivity index (χ4n) is 3.87. The van der Waals surface area contributed by atoms with Crippen molar-refractivity contribution < 1.29 is 18.3 Å². The number of oxazole rings is 1. The molecule has 0 atom stereocenters. The van der Waals surface area contributed by atoms with Crippen molar-refractivity contribution >= 4 is 39.3 Å². The number of aromatic nitrogens is 2. The lowest BCUT2D eigenvalue weighted by Gasteiger charge is -2.22. The lowest BCUT2D eigenvalue weighted by atomic mass is 10.0. The molecular weight excluding hydrogens is 453 g/mol. The number of hydrogen-bond donors (Lipinski definition) is 0. The van der Waals surface area contributed by atoms with Gasteiger partial charge in [-0.1, -0.05) is 11.6 Å². The molecule has 0 unspecified atom stereocenters. The summed E-state index contributed by atoms with van der Waals surface area (Å²) in [6.07, 6.45) is 4.59. The summed E-state index contributed by atoms with van der Waals surface area (Å²) in [5.74, 6) is 1.10. The van der Waals surface area contributed by atoms with Crippen LogP contribution >= 0.6 is 22.9 Å². The first-order valence-corrected chi connectivity index (χ1v) is 11.1. The van der Waals surface area contributed by atoms with Crippen LogP contribution in [0.25, 0.3) is 32.8 Å². The summed E-state index contributed by atoms with van der Waals surface area (Å²) in [6.45, 7) is 1.23. The molecule has 0 spiro atoms. The Kier molecular flexibility index (Phi) is 5.40. The maximum Gasteiger partial charge on any atom is 0.246 e. The van der Waals surface area contributed by atoms with Gasteiger partial charge in [0.05, 0.1) is 13.7 Å². The highest BCUT2D eigenvalue weighted by Crippen LogP contribution is 2.45. The van der Waals surface area contributed by atoms with Crippen LogP contribution in [0.4, 0.5) is 4.39 Å². The predicted molar refractivity (Wildman–Crippen MR) is 121 cm³/mol. The van der Waals surface area contributed by atoms with E-state index in [1.165, 1.54) is 36.7 Å². The summed E-state index contributed by atoms with van der Waals surface area (Å²) in [4.78, 5) is 22.0. The van der Waals surface area contributed by atoms with Gasteiger partial charge in [0, 0.05) is 46.4 Å². The van der Waals surface area contributed by atoms with Crippen molar-refractivity contribution in [3.63, 3.8) is 0 Å². The second-order valence-electron chi connectivity index (χ2n) is 7.22. The number of halogens is 2. The van der Waals surface area contributed by atoms with Crippen LogP contribution in [-0.4, -0.2) is 34.8 Å². The van der Waals surface area contributed by atoms with E-state index in [1.54, 1.807) is 12.3 Å². The van der Waals surface area contributed by atoms with E-state index in [9.17, 15) is 9.18 Å². The largest absolute Gasteiger partial charge is 0.496 e. The second-order valence-corrected chi connectivity index (χ2v) is 8.50. The minimum absolute atomic E-state index is 0.341. The van der Waals surface area contributed by atoms with Crippen LogP contribution in [0.15, 0.2) is 46.3 Å². The maximum atomic E-state index is 13.9. The van der Waals surface area contributed by atoms with Gasteiger partial charge >= 0.3 is 0 Å². The van der Waals surface area contributed by atoms with Crippen LogP contribution in [0.3, 0.4) is 0 Å². The average Bonchev–Trinajstić information content (AvgIpc) is 3.45. The van der Waals surface area contributed by atoms with Crippen molar-refractivity contribution in [2.24, 2.45) is 0 Å². The summed E-state index contributed by atoms with van der Waals surface area (Å²) in [6, 6.07) is 6.28. The monoisotopic (exact) mass is 469 g/mol. The number of methoxy groups -OCH3 is 1. The van der Waals surface area contributed by atoms with Gasteiger partial charge in [-0.25, -0.2) is 14.4 Å². The molecule has 0 aliphatic carbocycles. The first-order chi connectivity index (χ1) is 15.6. The Hall–Kier alpha value is -3.23. The van der Waals surface area contributed by atoms with Crippen molar-refractivity contribution in [3.05, 3.63) is 64.3 Å². The van der Waals surface area contributed by atoms with Crippen LogP contribution < -0.4 is 4.74 Å². The quantitative estimate of drug-likeness (QED) is 0.219. The van der Waals surface area contributed by atoms with Crippen LogP contribution in [-0.2, 0) is 17.8 Å². The van der Waals surface area contributed by atoms with E-state index in [0.717, 1.165) is 33.4 Å². The Morgan fingerprint density at radius 2 is 2.19 bits per heavy atom. The normalized spacial score (nSPS) is 13.7. The molecule has 0 saturated carbocycles. The Morgan fingerprint density at radius 1 is 1.31 bits per heavy atom. The molecule has 0 N–H and O–H groups in total. The number of allylic oxidation sites excluding steroid dienone is 1. The first-order valence-electron chi connectivity index (χ1n) is 9.84. The molecule has 5 rings (SSSR count). The standard InChI is InChI=1S/C23H17ClFN3O3S/c1-30-18-11-13(25)3-4-14(18)19-20(27-22(24)15-6-10-32-21(15)19)23-26-16-12-28(7-2-9-29)8-5-17(16)31-23/h2-4,6-7,9-11H,5,8,12H2,1H3. The van der Waals surface area contributed by atoms with E-state index in [1.807, 2.05) is 16.3 Å². The minimum Gasteiger partial charge on any atom is -0.496 e. The van der Waals surface area contributed by atoms with E-state index in [0.29, 0.717) is 47.6 Å². The molecule has 0 amide bonds. The molecular formula is C23H17ClFN3O3S. The average molecular weight is 470 g/mol. The Morgan fingerprint density at radius 3 is 3.00 bits per heavy atom. The molecule has 162 valence electrons. The van der Waals surface area contributed by atoms with Gasteiger partial charge < -0.3 is 14.1 Å². The number of ether oxygens (including phenoxy) is 1. The topological polar surface area (TPSA) is 68.5 Å². The van der Waals surface area contributed by atoms with Crippen LogP contribution in [0.1, 0.15) is 11.5 Å². The van der Waals surface area contributed by atoms with Gasteiger partial charge in [-0.05, 0) is 29.7 Å². The van der Waals surface area contributed by atoms with Gasteiger partial charge in [0.15, 0.2) is 0 Å². The Bertz CT molecular complexity index is 1360. The van der Waals surface area contributed by atoms with Gasteiger partial charge in [-0.15, -0.1) is 11.3 Å². The van der Waals surface area contributed by atoms with Crippen molar-refractivity contribution in [1.82, 2.24) is 14.9 Å². The number of nitrogens with zero attached hydrogens (tertiary/aromatic N) is 3. The number of thiophene rings is 1. The van der Waals surface area contributed by atoms with Gasteiger partial charge in [-0.3, -0.25) is 4.79 Å². The van der Waals surface area contributed by atoms with Gasteiger partial charge in [0.2, 0.25) is 5.89 Å². The van der Waals surface area contributed by atoms with E-state index < -0.39 is 5.82 Å². The molecule has 6 nitrogen and oxygen atoms in total. The molecule has 32 heavy (non-hydrogen) atoms. The number of pyridine rings is 1. The van der Waals surface area contributed by atoms with E-state index in [4.69, 9.17) is 25.7 Å². The van der Waals surface area contributed by atoms with E-state index in [-0.39, 0.29) is 0 Å². The molecule has 1 aromatic carbocycles. The molecule has 0 saturated heterocycles. The van der Waals surface area contributed by atoms with Gasteiger partial charge in [-0.2, -0.15) is 0 Å². The second kappa shape index (κ2) is 8.37. The third-order valence-corrected chi connectivity index (χ3v) is 6.55. The molecule has 0 fully saturated rings. The van der Waals surface area contributed by atoms with Gasteiger partial charge in [0.1, 0.15) is 40.2 Å². The molecule has 0 radical (unpaired) electrons. The van der Waals surface area contributed by atoms with Crippen LogP contribution in [0, 0.1) is 5.82 Å². The van der Waals surface area contributed by atoms with Crippen molar-refractivity contribution in [3.8, 4) is 28.5 Å². The maximum absolute atomic E-state index is 13.9. The summed E-state index contributed by atoms with van der Waals surface area (Å²) >= 11 is 8.01. The molecule has 1 aliphatic rings. The highest BCUT2D eigenvalue weighted by Gasteiger charge is 2.27. The third kappa shape index (κ3) is 3.55. The lowest BCUT2D eigenvalue weighted by molar-refractivity contribution is -0.104. The zero-order chi connectivity index (χ0) is 22.2. The first kappa shape index (κ1) is 20.7. The smallest absolute Gasteiger partial charge is 0.246 e. The van der Waals surface area contributed by atoms with Crippen molar-refractivity contribution in [2.75, 3.05) is 13.7 Å². The zero-order valence-corrected chi connectivity index (χ0v) is 18.5. The summed E-state index contributed by atoms with van der Waals surface area (Å²) in [5, 5.41) is 3.07. The number of hydrogen-bond acceptors (Lipinski definition) is 7. The predicted octanol–water partition coefficient (Wildman–Crippen LogP) is 5.49. The number of rotatable bonds is 5. The lowest BCUT2D eigenvalue weighted by Crippen LogP contribution is -2.25. The summed E-state index contributed by atoms with van der Waals surface area (Å²) in [7, 11) is 1.50. The molecule has 3 aromatic heterocycles. The number of aldehydes is 1. The highest BCUT2D eigenvalue weighted by molar-refractivity contribution is 7.18. The number of carbonyl (C=O) groups excluding carboxylic acids is 1. The summed E-state index contributed by atoms with van der Waals surface area (Å²) < 4.78 is 26.4. The van der Waals surface area contributed by atoms with Crippen LogP contribution in [0.5, 0.6) is 5.75 Å². The van der Waals surface area contributed by atoms with E-state index >= 15 is 0 Å². The van der Waals surface area contributed by atoms with Gasteiger partial charge in [0.25, 0.3) is 0 Å². The fraction of sp³-hybridized carbons (Fsp3) is 0.174. The van der Waals surface area contributed by atoms with Crippen molar-refractivity contribution in [2.45, 2.75) is 13.0 Å². The fourth-order valence-corrected chi connectivity index (χ4v) is 5.12.